The van der Waals surface area contributed by atoms with Gasteiger partial charge in [-0.2, -0.15) is 20.2 Å². The fourth-order valence-electron chi connectivity index (χ4n) is 14.3. The predicted molar refractivity (Wildman–Crippen MR) is 464 cm³/mol. The summed E-state index contributed by atoms with van der Waals surface area (Å²) in [5.74, 6) is -11.0. The van der Waals surface area contributed by atoms with Gasteiger partial charge >= 0.3 is 22.8 Å². The Balaban J connectivity index is 0.000000190. The van der Waals surface area contributed by atoms with Crippen LogP contribution >= 0.6 is 23.2 Å². The van der Waals surface area contributed by atoms with Gasteiger partial charge < -0.3 is 54.6 Å². The highest BCUT2D eigenvalue weighted by Crippen LogP contribution is 2.36. The number of terminal acetylenes is 1. The van der Waals surface area contributed by atoms with Gasteiger partial charge in [-0.25, -0.2) is 59.3 Å². The molecule has 9 amide bonds. The minimum Gasteiger partial charge on any atom is -0.379 e. The average molecular weight is 1910 g/mol. The first kappa shape index (κ1) is 97.4. The van der Waals surface area contributed by atoms with Gasteiger partial charge in [0.2, 0.25) is 47.3 Å². The van der Waals surface area contributed by atoms with Crippen LogP contribution in [-0.4, -0.2) is 224 Å². The van der Waals surface area contributed by atoms with Gasteiger partial charge in [0.05, 0.1) is 154 Å². The minimum atomic E-state index is -1.42. The van der Waals surface area contributed by atoms with Crippen molar-refractivity contribution in [2.24, 2.45) is 19.2 Å². The highest BCUT2D eigenvalue weighted by Gasteiger charge is 2.46. The van der Waals surface area contributed by atoms with Crippen LogP contribution in [0, 0.1) is 47.2 Å². The van der Waals surface area contributed by atoms with Crippen molar-refractivity contribution in [3.8, 4) is 12.3 Å². The van der Waals surface area contributed by atoms with E-state index in [0.29, 0.717) is 87.3 Å². The number of carbonyl (C=O) groups is 9. The van der Waals surface area contributed by atoms with E-state index < -0.39 is 143 Å². The van der Waals surface area contributed by atoms with Crippen LogP contribution in [0.15, 0.2) is 128 Å². The first-order chi connectivity index (χ1) is 64.8. The van der Waals surface area contributed by atoms with Crippen LogP contribution in [0.25, 0.3) is 32.2 Å². The third-order valence-corrected chi connectivity index (χ3v) is 21.2. The van der Waals surface area contributed by atoms with Crippen LogP contribution in [0.5, 0.6) is 0 Å². The first-order valence-electron chi connectivity index (χ1n) is 40.8. The molecule has 0 radical (unpaired) electrons. The monoisotopic (exact) mass is 1910 g/mol. The maximum Gasteiger partial charge on any atom is 0.355 e. The zero-order chi connectivity index (χ0) is 96.4. The molecule has 0 spiro atoms. The minimum absolute atomic E-state index is 0.0128. The third-order valence-electron chi connectivity index (χ3n) is 20.6. The van der Waals surface area contributed by atoms with Gasteiger partial charge in [-0.15, -0.1) is 11.5 Å². The first-order valence-corrected chi connectivity index (χ1v) is 41.6. The van der Waals surface area contributed by atoms with E-state index in [2.05, 4.69) is 78.3 Å². The van der Waals surface area contributed by atoms with Crippen molar-refractivity contribution >= 4 is 133 Å². The Labute approximate surface area is 766 Å². The number of imide groups is 3. The Morgan fingerprint density at radius 3 is 1.56 bits per heavy atom. The number of hydrogen-bond donors (Lipinski definition) is 6. The van der Waals surface area contributed by atoms with Gasteiger partial charge in [0.25, 0.3) is 17.7 Å². The van der Waals surface area contributed by atoms with Crippen molar-refractivity contribution in [3.05, 3.63) is 240 Å². The Bertz CT molecular complexity index is 6850. The summed E-state index contributed by atoms with van der Waals surface area (Å²) in [7, 11) is 3.44. The summed E-state index contributed by atoms with van der Waals surface area (Å²) in [5.41, 5.74) is 6.90. The topological polar surface area (TPSA) is 517 Å². The smallest absolute Gasteiger partial charge is 0.355 e. The van der Waals surface area contributed by atoms with E-state index in [1.54, 1.807) is 78.3 Å². The fraction of sp³-hybridized carbons (Fsp3) is 0.321. The molecule has 135 heavy (non-hydrogen) atoms. The van der Waals surface area contributed by atoms with E-state index >= 15 is 0 Å². The van der Waals surface area contributed by atoms with Crippen LogP contribution in [0.2, 0.25) is 10.0 Å². The molecule has 6 N–H and O–H groups in total. The van der Waals surface area contributed by atoms with Gasteiger partial charge in [-0.1, -0.05) is 51.6 Å². The molecule has 43 nitrogen and oxygen atoms in total. The predicted octanol–water partition coefficient (Wildman–Crippen LogP) is 5.42. The summed E-state index contributed by atoms with van der Waals surface area (Å²) in [5, 5.41) is 37.0. The molecule has 0 bridgehead atoms. The zero-order valence-corrected chi connectivity index (χ0v) is 72.7. The Kier molecular flexibility index (Phi) is 32.0. The molecule has 5 aromatic heterocycles. The van der Waals surface area contributed by atoms with Gasteiger partial charge in [-0.3, -0.25) is 77.2 Å². The largest absolute Gasteiger partial charge is 0.379 e. The van der Waals surface area contributed by atoms with E-state index in [0.717, 1.165) is 18.6 Å². The maximum atomic E-state index is 14.8. The number of aromatic nitrogens is 13. The van der Waals surface area contributed by atoms with E-state index in [1.165, 1.54) is 34.0 Å². The fourth-order valence-corrected chi connectivity index (χ4v) is 14.7. The number of amides is 9. The summed E-state index contributed by atoms with van der Waals surface area (Å²) in [6.07, 6.45) is 10.5. The summed E-state index contributed by atoms with van der Waals surface area (Å²) >= 11 is 12.8. The molecule has 2 atom stereocenters. The summed E-state index contributed by atoms with van der Waals surface area (Å²) < 4.78 is 124. The molecule has 15 rings (SSSR count). The molecule has 0 saturated carbocycles. The van der Waals surface area contributed by atoms with Crippen molar-refractivity contribution in [1.29, 1.82) is 0 Å². The number of anilines is 6. The molecule has 704 valence electrons. The van der Waals surface area contributed by atoms with Crippen LogP contribution in [0.3, 0.4) is 0 Å². The second-order valence-electron chi connectivity index (χ2n) is 29.9. The van der Waals surface area contributed by atoms with Gasteiger partial charge in [0, 0.05) is 108 Å². The average Bonchev–Trinajstić information content (AvgIpc) is 1.75. The van der Waals surface area contributed by atoms with E-state index in [-0.39, 0.29) is 178 Å². The van der Waals surface area contributed by atoms with Crippen LogP contribution in [-0.2, 0) is 111 Å². The highest BCUT2D eigenvalue weighted by molar-refractivity contribution is 6.34. The number of fused-ring (bicyclic) bond motifs is 4. The molecule has 2 fully saturated rings. The van der Waals surface area contributed by atoms with Gasteiger partial charge in [0.1, 0.15) is 42.6 Å². The summed E-state index contributed by atoms with van der Waals surface area (Å²) in [6, 6.07) is 15.7. The number of hydrogen-bond acceptors (Lipinski definition) is 28. The van der Waals surface area contributed by atoms with Crippen LogP contribution in [0.4, 0.5) is 61.0 Å². The lowest BCUT2D eigenvalue weighted by Crippen LogP contribution is -2.54. The number of nitrogens with zero attached hydrogens (tertiary/aromatic N) is 18. The van der Waals surface area contributed by atoms with E-state index in [4.69, 9.17) is 63.6 Å². The molecule has 2 unspecified atom stereocenters. The molecule has 11 aromatic rings. The number of piperidine rings is 2. The lowest BCUT2D eigenvalue weighted by atomic mass is 10.0. The number of rotatable bonds is 37. The summed E-state index contributed by atoms with van der Waals surface area (Å²) in [6.45, 7) is 0.122. The number of carbonyl (C=O) groups excluding carboxylic acids is 9. The molecule has 2 saturated heterocycles. The second-order valence-corrected chi connectivity index (χ2v) is 30.7. The van der Waals surface area contributed by atoms with Crippen molar-refractivity contribution in [1.82, 2.24) is 83.2 Å². The molecule has 4 aliphatic rings. The molecule has 4 aliphatic heterocycles. The second kappa shape index (κ2) is 44.4. The highest BCUT2D eigenvalue weighted by atomic mass is 35.5. The van der Waals surface area contributed by atoms with Crippen molar-refractivity contribution in [2.45, 2.75) is 77.0 Å². The molecular weight excluding hydrogens is 1830 g/mol. The number of ether oxygens (including phenoxy) is 6. The number of azide groups is 1. The van der Waals surface area contributed by atoms with Crippen molar-refractivity contribution in [3.63, 3.8) is 0 Å². The third kappa shape index (κ3) is 23.8. The number of nitrogens with one attached hydrogen (secondary N) is 6. The van der Waals surface area contributed by atoms with E-state index in [1.807, 2.05) is 0 Å². The van der Waals surface area contributed by atoms with Gasteiger partial charge in [0.15, 0.2) is 23.3 Å². The van der Waals surface area contributed by atoms with Crippen LogP contribution in [0.1, 0.15) is 79.1 Å². The lowest BCUT2D eigenvalue weighted by Gasteiger charge is -2.29. The summed E-state index contributed by atoms with van der Waals surface area (Å²) in [4.78, 5) is 177. The zero-order valence-electron chi connectivity index (χ0n) is 71.1. The quantitative estimate of drug-likeness (QED) is 0.00414. The molecule has 6 aromatic carbocycles. The number of halogens is 8. The molecule has 0 aliphatic carbocycles. The Hall–Kier alpha value is -15.2. The number of benzene rings is 6. The molecular formula is C84H78Cl2F6N24O19. The Morgan fingerprint density at radius 1 is 0.548 bits per heavy atom. The van der Waals surface area contributed by atoms with Crippen molar-refractivity contribution in [2.75, 3.05) is 107 Å². The van der Waals surface area contributed by atoms with Crippen molar-refractivity contribution < 1.29 is 97.9 Å². The standard InChI is InChI=1S/C42H40ClF3N12O9.C21H14ClF3N6O2.C21H24N6O8/c1-54-17-24-14-34(28(43)15-33(24)52-54)48-40-50-41(63)58(42(64)57(40)18-23-13-30(45)31(46)16-29(23)44)20-25-19-55(53-51-25)7-8-65-9-10-66-11-12-67-22-37(60)47-32-4-2-3-26-27(32)21-56(39(26)62)35-5-6-36(59)49-38(35)61;1-3-4-30-20(32)27-19(26-18-6-12-9-29(2)28-17(12)7-13(18)22)31(21(30)33)10-11-5-15(24)16(25)8-14(11)23;22-26-23-6-7-33-8-9-34-10-11-35-12-17(29)24-14-3-1-2-13-18(14)21(32)27(20(13)31)15-4-5-16(28)25-19(15)30/h2-4,13-17,19,35H,5-12,18,20-22H2,1H3,(H,47,60)(H,48,50,63)(H,49,59,61);1,5-9H,4,10H2,2H3,(H,26,27,32);1-3,15H,4-12H2,(H,24,29)(H,25,28,30). The lowest BCUT2D eigenvalue weighted by molar-refractivity contribution is -0.138. The van der Waals surface area contributed by atoms with Crippen LogP contribution < -0.4 is 54.7 Å². The normalized spacial score (nSPS) is 14.5. The van der Waals surface area contributed by atoms with Gasteiger partial charge in [-0.05, 0) is 79.0 Å². The molecule has 9 heterocycles. The maximum absolute atomic E-state index is 14.8. The van der Waals surface area contributed by atoms with E-state index in [9.17, 15) is 88.7 Å². The SMILES string of the molecule is C#CCn1c(=O)nc(Nc2cc3cn(C)nc3cc2Cl)n(Cc2cc(F)c(F)cc2F)c1=O.Cn1cc2cc(Nc3nc(=O)n(Cc4cn(CCOCCOCCOCC(=O)Nc5cccc6c5CN(C5CCC(=O)NC5=O)C6=O)nn4)c(=O)n3Cc3cc(F)c(F)cc3F)c(Cl)cc2n1.[N-]=[N+]=NCCOCCOCCOCC(=O)Nc1cccc2c1C(=O)N(C1CCC(=O)NC1=O)C2=O. The number of aryl methyl sites for hydroxylation is 2. The molecule has 51 heteroatoms. The Morgan fingerprint density at radius 2 is 1.03 bits per heavy atom.